The Hall–Kier alpha value is -1.26. The Morgan fingerprint density at radius 2 is 2.11 bits per heavy atom. The van der Waals surface area contributed by atoms with Gasteiger partial charge in [0.05, 0.1) is 19.8 Å². The smallest absolute Gasteiger partial charge is 0.170 e. The third-order valence-electron chi connectivity index (χ3n) is 3.34. The van der Waals surface area contributed by atoms with Crippen LogP contribution < -0.4 is 14.8 Å². The number of halogens is 1. The maximum atomic E-state index is 12.4. The fourth-order valence-corrected chi connectivity index (χ4v) is 2.30. The van der Waals surface area contributed by atoms with E-state index < -0.39 is 0 Å². The van der Waals surface area contributed by atoms with Crippen molar-refractivity contribution in [3.63, 3.8) is 0 Å². The van der Waals surface area contributed by atoms with Crippen LogP contribution in [0.3, 0.4) is 0 Å². The SMILES string of the molecule is COc1ccc(C(=O)C2CCCNC2)c(OC)c1.Cl. The van der Waals surface area contributed by atoms with Gasteiger partial charge in [0.1, 0.15) is 11.5 Å². The number of nitrogens with one attached hydrogen (secondary N) is 1. The van der Waals surface area contributed by atoms with Gasteiger partial charge in [0.15, 0.2) is 5.78 Å². The Morgan fingerprint density at radius 3 is 2.68 bits per heavy atom. The number of Topliss-reactive ketones (excluding diaryl/α,β-unsaturated/α-hetero) is 1. The molecule has 1 saturated heterocycles. The molecule has 1 aromatic carbocycles. The predicted molar refractivity (Wildman–Crippen MR) is 76.7 cm³/mol. The highest BCUT2D eigenvalue weighted by Crippen LogP contribution is 2.28. The number of ether oxygens (including phenoxy) is 2. The van der Waals surface area contributed by atoms with E-state index in [2.05, 4.69) is 5.32 Å². The van der Waals surface area contributed by atoms with Crippen LogP contribution in [0, 0.1) is 5.92 Å². The molecule has 0 radical (unpaired) electrons. The molecule has 2 rings (SSSR count). The first-order valence-corrected chi connectivity index (χ1v) is 6.23. The second-order valence-electron chi connectivity index (χ2n) is 4.47. The van der Waals surface area contributed by atoms with Crippen LogP contribution in [-0.2, 0) is 0 Å². The number of rotatable bonds is 4. The molecule has 4 nitrogen and oxygen atoms in total. The van der Waals surface area contributed by atoms with Gasteiger partial charge in [-0.25, -0.2) is 0 Å². The first kappa shape index (κ1) is 15.8. The molecule has 1 aliphatic rings. The lowest BCUT2D eigenvalue weighted by Gasteiger charge is -2.22. The zero-order chi connectivity index (χ0) is 13.0. The minimum absolute atomic E-state index is 0. The van der Waals surface area contributed by atoms with Gasteiger partial charge < -0.3 is 14.8 Å². The van der Waals surface area contributed by atoms with Gasteiger partial charge in [-0.05, 0) is 31.5 Å². The minimum atomic E-state index is 0. The number of ketones is 1. The van der Waals surface area contributed by atoms with E-state index in [9.17, 15) is 4.79 Å². The quantitative estimate of drug-likeness (QED) is 0.863. The van der Waals surface area contributed by atoms with Gasteiger partial charge in [0.25, 0.3) is 0 Å². The van der Waals surface area contributed by atoms with Crippen LogP contribution in [-0.4, -0.2) is 33.1 Å². The Labute approximate surface area is 119 Å². The average Bonchev–Trinajstić information content (AvgIpc) is 2.46. The standard InChI is InChI=1S/C14H19NO3.ClH/c1-17-11-5-6-12(13(8-11)18-2)14(16)10-4-3-7-15-9-10;/h5-6,8,10,15H,3-4,7,9H2,1-2H3;1H. The van der Waals surface area contributed by atoms with Crippen molar-refractivity contribution in [1.29, 1.82) is 0 Å². The molecule has 106 valence electrons. The molecule has 0 saturated carbocycles. The summed E-state index contributed by atoms with van der Waals surface area (Å²) in [5.74, 6) is 1.50. The zero-order valence-electron chi connectivity index (χ0n) is 11.3. The highest BCUT2D eigenvalue weighted by molar-refractivity contribution is 6.00. The van der Waals surface area contributed by atoms with Crippen LogP contribution in [0.5, 0.6) is 11.5 Å². The maximum absolute atomic E-state index is 12.4. The summed E-state index contributed by atoms with van der Waals surface area (Å²) >= 11 is 0. The Balaban J connectivity index is 0.00000180. The molecular weight excluding hydrogens is 266 g/mol. The maximum Gasteiger partial charge on any atom is 0.170 e. The molecule has 0 aromatic heterocycles. The van der Waals surface area contributed by atoms with Crippen molar-refractivity contribution in [2.24, 2.45) is 5.92 Å². The first-order chi connectivity index (χ1) is 8.76. The largest absolute Gasteiger partial charge is 0.497 e. The Bertz CT molecular complexity index is 431. The number of piperidine rings is 1. The Kier molecular flexibility index (Phi) is 6.12. The summed E-state index contributed by atoms with van der Waals surface area (Å²) in [6.45, 7) is 1.76. The third kappa shape index (κ3) is 3.61. The second-order valence-corrected chi connectivity index (χ2v) is 4.47. The summed E-state index contributed by atoms with van der Waals surface area (Å²) in [7, 11) is 3.17. The van der Waals surface area contributed by atoms with Gasteiger partial charge in [0, 0.05) is 18.5 Å². The minimum Gasteiger partial charge on any atom is -0.497 e. The molecular formula is C14H20ClNO3. The van der Waals surface area contributed by atoms with Crippen molar-refractivity contribution in [1.82, 2.24) is 5.32 Å². The summed E-state index contributed by atoms with van der Waals surface area (Å²) in [6, 6.07) is 5.34. The van der Waals surface area contributed by atoms with Crippen molar-refractivity contribution in [2.75, 3.05) is 27.3 Å². The summed E-state index contributed by atoms with van der Waals surface area (Å²) in [5.41, 5.74) is 0.645. The van der Waals surface area contributed by atoms with Gasteiger partial charge in [0.2, 0.25) is 0 Å². The van der Waals surface area contributed by atoms with E-state index in [0.717, 1.165) is 25.9 Å². The normalized spacial score (nSPS) is 18.3. The fraction of sp³-hybridized carbons (Fsp3) is 0.500. The van der Waals surface area contributed by atoms with E-state index in [1.54, 1.807) is 32.4 Å². The van der Waals surface area contributed by atoms with Crippen molar-refractivity contribution in [2.45, 2.75) is 12.8 Å². The molecule has 1 fully saturated rings. The van der Waals surface area contributed by atoms with Crippen LogP contribution >= 0.6 is 12.4 Å². The van der Waals surface area contributed by atoms with Gasteiger partial charge in [-0.1, -0.05) is 0 Å². The van der Waals surface area contributed by atoms with E-state index in [1.165, 1.54) is 0 Å². The molecule has 5 heteroatoms. The molecule has 19 heavy (non-hydrogen) atoms. The molecule has 0 spiro atoms. The van der Waals surface area contributed by atoms with Gasteiger partial charge >= 0.3 is 0 Å². The highest BCUT2D eigenvalue weighted by Gasteiger charge is 2.24. The van der Waals surface area contributed by atoms with Crippen molar-refractivity contribution in [3.05, 3.63) is 23.8 Å². The molecule has 0 aliphatic carbocycles. The van der Waals surface area contributed by atoms with Gasteiger partial charge in [-0.2, -0.15) is 0 Å². The van der Waals surface area contributed by atoms with Gasteiger partial charge in [-0.15, -0.1) is 12.4 Å². The molecule has 0 bridgehead atoms. The number of carbonyl (C=O) groups is 1. The monoisotopic (exact) mass is 285 g/mol. The summed E-state index contributed by atoms with van der Waals surface area (Å²) in [4.78, 5) is 12.4. The van der Waals surface area contributed by atoms with Crippen molar-refractivity contribution >= 4 is 18.2 Å². The van der Waals surface area contributed by atoms with Crippen LogP contribution in [0.25, 0.3) is 0 Å². The van der Waals surface area contributed by atoms with Crippen LogP contribution in [0.1, 0.15) is 23.2 Å². The topological polar surface area (TPSA) is 47.6 Å². The number of hydrogen-bond acceptors (Lipinski definition) is 4. The summed E-state index contributed by atoms with van der Waals surface area (Å²) < 4.78 is 10.4. The predicted octanol–water partition coefficient (Wildman–Crippen LogP) is 2.31. The lowest BCUT2D eigenvalue weighted by atomic mass is 9.90. The van der Waals surface area contributed by atoms with Crippen molar-refractivity contribution < 1.29 is 14.3 Å². The molecule has 1 aliphatic heterocycles. The van der Waals surface area contributed by atoms with E-state index >= 15 is 0 Å². The number of benzene rings is 1. The average molecular weight is 286 g/mol. The third-order valence-corrected chi connectivity index (χ3v) is 3.34. The van der Waals surface area contributed by atoms with Crippen molar-refractivity contribution in [3.8, 4) is 11.5 Å². The van der Waals surface area contributed by atoms with Gasteiger partial charge in [-0.3, -0.25) is 4.79 Å². The highest BCUT2D eigenvalue weighted by atomic mass is 35.5. The molecule has 0 amide bonds. The van der Waals surface area contributed by atoms with Crippen LogP contribution in [0.4, 0.5) is 0 Å². The van der Waals surface area contributed by atoms with E-state index in [-0.39, 0.29) is 24.1 Å². The molecule has 1 N–H and O–H groups in total. The summed E-state index contributed by atoms with van der Waals surface area (Å²) in [6.07, 6.45) is 2.00. The Morgan fingerprint density at radius 1 is 1.32 bits per heavy atom. The second kappa shape index (κ2) is 7.36. The first-order valence-electron chi connectivity index (χ1n) is 6.23. The zero-order valence-corrected chi connectivity index (χ0v) is 12.1. The van der Waals surface area contributed by atoms with Crippen LogP contribution in [0.2, 0.25) is 0 Å². The molecule has 1 atom stereocenters. The molecule has 1 unspecified atom stereocenters. The number of carbonyl (C=O) groups excluding carboxylic acids is 1. The van der Waals surface area contributed by atoms with E-state index in [4.69, 9.17) is 9.47 Å². The molecule has 1 heterocycles. The lowest BCUT2D eigenvalue weighted by molar-refractivity contribution is 0.0896. The van der Waals surface area contributed by atoms with E-state index in [0.29, 0.717) is 17.1 Å². The fourth-order valence-electron chi connectivity index (χ4n) is 2.30. The van der Waals surface area contributed by atoms with E-state index in [1.807, 2.05) is 0 Å². The number of methoxy groups -OCH3 is 2. The lowest BCUT2D eigenvalue weighted by Crippen LogP contribution is -2.34. The van der Waals surface area contributed by atoms with Crippen LogP contribution in [0.15, 0.2) is 18.2 Å². The molecule has 1 aromatic rings. The summed E-state index contributed by atoms with van der Waals surface area (Å²) in [5, 5.41) is 3.26. The number of hydrogen-bond donors (Lipinski definition) is 1.